The molecular weight excluding hydrogens is 506 g/mol. The molecule has 2 bridgehead atoms. The Morgan fingerprint density at radius 2 is 1.82 bits per heavy atom. The fourth-order valence-corrected chi connectivity index (χ4v) is 6.19. The molecule has 2 aliphatic rings. The molecule has 0 saturated carbocycles. The summed E-state index contributed by atoms with van der Waals surface area (Å²) in [5, 5.41) is 13.8. The Morgan fingerprint density at radius 3 is 2.44 bits per heavy atom. The topological polar surface area (TPSA) is 127 Å². The van der Waals surface area contributed by atoms with Crippen LogP contribution in [-0.2, 0) is 4.79 Å². The standard InChI is InChI=1S/C28H26F2N6O3/c1-14(38)25-26(16-8-18-4-5-19(9-16)35(18)24(39)13-37)34-28-21(12-33-36(28)27(25)31)15-2-7-23(32-11-15)20-6-3-17(29)10-22(20)30/h2-3,6-7,10-12,16,18-19,37H,4-5,8-9,13,31H2,1H3/t16?,18-,19+. The normalized spacial score (nSPS) is 20.5. The number of fused-ring (bicyclic) bond motifs is 3. The lowest BCUT2D eigenvalue weighted by atomic mass is 9.85. The van der Waals surface area contributed by atoms with Crippen molar-refractivity contribution < 1.29 is 23.5 Å². The summed E-state index contributed by atoms with van der Waals surface area (Å²) in [7, 11) is 0. The number of nitrogens with two attached hydrogens (primary N) is 1. The number of aliphatic hydroxyl groups is 1. The van der Waals surface area contributed by atoms with Gasteiger partial charge in [-0.15, -0.1) is 0 Å². The summed E-state index contributed by atoms with van der Waals surface area (Å²) >= 11 is 0. The van der Waals surface area contributed by atoms with Gasteiger partial charge < -0.3 is 15.7 Å². The maximum absolute atomic E-state index is 14.3. The van der Waals surface area contributed by atoms with Gasteiger partial charge in [-0.2, -0.15) is 9.61 Å². The summed E-state index contributed by atoms with van der Waals surface area (Å²) in [6, 6.07) is 6.66. The summed E-state index contributed by atoms with van der Waals surface area (Å²) in [5.74, 6) is -1.77. The molecule has 4 aromatic rings. The Kier molecular flexibility index (Phi) is 6.10. The molecule has 3 aromatic heterocycles. The maximum Gasteiger partial charge on any atom is 0.248 e. The van der Waals surface area contributed by atoms with Crippen LogP contribution in [0.2, 0.25) is 0 Å². The first-order valence-corrected chi connectivity index (χ1v) is 12.8. The van der Waals surface area contributed by atoms with Gasteiger partial charge in [0.05, 0.1) is 23.1 Å². The van der Waals surface area contributed by atoms with E-state index in [2.05, 4.69) is 10.1 Å². The Bertz CT molecular complexity index is 1610. The van der Waals surface area contributed by atoms with Crippen molar-refractivity contribution in [1.29, 1.82) is 0 Å². The number of carbonyl (C=O) groups excluding carboxylic acids is 2. The second kappa shape index (κ2) is 9.49. The van der Waals surface area contributed by atoms with E-state index in [1.54, 1.807) is 29.4 Å². The van der Waals surface area contributed by atoms with Gasteiger partial charge >= 0.3 is 0 Å². The molecule has 3 atom stereocenters. The zero-order valence-corrected chi connectivity index (χ0v) is 21.1. The second-order valence-electron chi connectivity index (χ2n) is 10.2. The van der Waals surface area contributed by atoms with Gasteiger partial charge in [0.25, 0.3) is 0 Å². The van der Waals surface area contributed by atoms with Crippen LogP contribution in [0, 0.1) is 11.6 Å². The minimum Gasteiger partial charge on any atom is -0.387 e. The molecular formula is C28H26F2N6O3. The summed E-state index contributed by atoms with van der Waals surface area (Å²) in [6.45, 7) is 0.927. The molecule has 1 amide bonds. The minimum atomic E-state index is -0.706. The number of anilines is 1. The van der Waals surface area contributed by atoms with Gasteiger partial charge in [0.2, 0.25) is 5.91 Å². The third kappa shape index (κ3) is 4.13. The molecule has 9 nitrogen and oxygen atoms in total. The number of carbonyl (C=O) groups is 2. The summed E-state index contributed by atoms with van der Waals surface area (Å²) in [6.07, 6.45) is 6.07. The van der Waals surface area contributed by atoms with E-state index >= 15 is 0 Å². The molecule has 6 rings (SSSR count). The monoisotopic (exact) mass is 532 g/mol. The summed E-state index contributed by atoms with van der Waals surface area (Å²) < 4.78 is 29.0. The largest absolute Gasteiger partial charge is 0.387 e. The van der Waals surface area contributed by atoms with E-state index in [4.69, 9.17) is 10.7 Å². The number of nitrogen functional groups attached to an aromatic ring is 1. The first-order chi connectivity index (χ1) is 18.8. The van der Waals surface area contributed by atoms with Crippen molar-refractivity contribution in [3.05, 3.63) is 65.6 Å². The van der Waals surface area contributed by atoms with Crippen molar-refractivity contribution in [3.8, 4) is 22.4 Å². The van der Waals surface area contributed by atoms with Gasteiger partial charge in [-0.3, -0.25) is 14.6 Å². The lowest BCUT2D eigenvalue weighted by Crippen LogP contribution is -2.47. The Balaban J connectivity index is 1.40. The zero-order valence-electron chi connectivity index (χ0n) is 21.1. The van der Waals surface area contributed by atoms with E-state index in [-0.39, 0.29) is 41.1 Å². The fraction of sp³-hybridized carbons (Fsp3) is 0.321. The number of benzene rings is 1. The highest BCUT2D eigenvalue weighted by molar-refractivity contribution is 6.00. The molecule has 1 aromatic carbocycles. The molecule has 3 N–H and O–H groups in total. The molecule has 0 aliphatic carbocycles. The van der Waals surface area contributed by atoms with Crippen LogP contribution in [-0.4, -0.2) is 60.0 Å². The lowest BCUT2D eigenvalue weighted by Gasteiger charge is -2.39. The molecule has 11 heteroatoms. The highest BCUT2D eigenvalue weighted by Crippen LogP contribution is 2.44. The van der Waals surface area contributed by atoms with E-state index in [9.17, 15) is 23.5 Å². The molecule has 2 fully saturated rings. The van der Waals surface area contributed by atoms with Crippen molar-refractivity contribution in [2.45, 2.75) is 50.6 Å². The smallest absolute Gasteiger partial charge is 0.248 e. The van der Waals surface area contributed by atoms with Crippen LogP contribution >= 0.6 is 0 Å². The maximum atomic E-state index is 14.3. The van der Waals surface area contributed by atoms with Crippen molar-refractivity contribution >= 4 is 23.2 Å². The SMILES string of the molecule is CC(=O)c1c(C2C[C@H]3CC[C@@H](C2)N3C(=O)CO)nc2c(-c3ccc(-c4ccc(F)cc4F)nc3)cnn2c1N. The molecule has 2 aliphatic heterocycles. The fourth-order valence-electron chi connectivity index (χ4n) is 6.19. The molecule has 0 spiro atoms. The first kappa shape index (κ1) is 25.1. The predicted molar refractivity (Wildman–Crippen MR) is 139 cm³/mol. The van der Waals surface area contributed by atoms with E-state index in [1.165, 1.54) is 23.6 Å². The van der Waals surface area contributed by atoms with E-state index in [0.717, 1.165) is 18.9 Å². The van der Waals surface area contributed by atoms with Gasteiger partial charge in [0.15, 0.2) is 11.4 Å². The van der Waals surface area contributed by atoms with E-state index in [0.29, 0.717) is 46.6 Å². The van der Waals surface area contributed by atoms with Crippen LogP contribution in [0.4, 0.5) is 14.6 Å². The van der Waals surface area contributed by atoms with E-state index < -0.39 is 18.2 Å². The van der Waals surface area contributed by atoms with Crippen molar-refractivity contribution in [2.24, 2.45) is 0 Å². The summed E-state index contributed by atoms with van der Waals surface area (Å²) in [5.41, 5.74) is 9.66. The number of Topliss-reactive ketones (excluding diaryl/α,β-unsaturated/α-hetero) is 1. The lowest BCUT2D eigenvalue weighted by molar-refractivity contribution is -0.138. The second-order valence-corrected chi connectivity index (χ2v) is 10.2. The number of piperidine rings is 1. The van der Waals surface area contributed by atoms with Gasteiger partial charge in [0, 0.05) is 47.0 Å². The van der Waals surface area contributed by atoms with Crippen molar-refractivity contribution in [3.63, 3.8) is 0 Å². The number of nitrogens with zero attached hydrogens (tertiary/aromatic N) is 5. The third-order valence-corrected chi connectivity index (χ3v) is 7.89. The minimum absolute atomic E-state index is 0.0274. The highest BCUT2D eigenvalue weighted by Gasteiger charge is 2.44. The third-order valence-electron chi connectivity index (χ3n) is 7.89. The van der Waals surface area contributed by atoms with Gasteiger partial charge in [-0.25, -0.2) is 13.8 Å². The number of amides is 1. The van der Waals surface area contributed by atoms with Crippen LogP contribution in [0.25, 0.3) is 28.0 Å². The number of pyridine rings is 1. The number of aliphatic hydroxyl groups excluding tert-OH is 1. The van der Waals surface area contributed by atoms with Gasteiger partial charge in [-0.1, -0.05) is 6.07 Å². The van der Waals surface area contributed by atoms with Gasteiger partial charge in [0.1, 0.15) is 24.1 Å². The number of ketones is 1. The molecule has 39 heavy (non-hydrogen) atoms. The molecule has 1 unspecified atom stereocenters. The van der Waals surface area contributed by atoms with Gasteiger partial charge in [-0.05, 0) is 50.8 Å². The van der Waals surface area contributed by atoms with Crippen LogP contribution in [0.15, 0.2) is 42.7 Å². The average Bonchev–Trinajstić information content (AvgIpc) is 3.46. The first-order valence-electron chi connectivity index (χ1n) is 12.8. The Labute approximate surface area is 222 Å². The highest BCUT2D eigenvalue weighted by atomic mass is 19.1. The quantitative estimate of drug-likeness (QED) is 0.375. The number of halogens is 2. The molecule has 0 radical (unpaired) electrons. The molecule has 5 heterocycles. The molecule has 200 valence electrons. The molecule has 2 saturated heterocycles. The zero-order chi connectivity index (χ0) is 27.4. The Hall–Kier alpha value is -4.25. The number of rotatable bonds is 5. The number of hydrogen-bond donors (Lipinski definition) is 2. The van der Waals surface area contributed by atoms with E-state index in [1.807, 2.05) is 0 Å². The van der Waals surface area contributed by atoms with Crippen molar-refractivity contribution in [2.75, 3.05) is 12.3 Å². The Morgan fingerprint density at radius 1 is 1.08 bits per heavy atom. The average molecular weight is 533 g/mol. The number of hydrogen-bond acceptors (Lipinski definition) is 7. The number of aromatic nitrogens is 4. The van der Waals surface area contributed by atoms with Crippen LogP contribution in [0.3, 0.4) is 0 Å². The van der Waals surface area contributed by atoms with Crippen molar-refractivity contribution in [1.82, 2.24) is 24.5 Å². The van der Waals surface area contributed by atoms with Crippen LogP contribution in [0.1, 0.15) is 54.6 Å². The van der Waals surface area contributed by atoms with Crippen LogP contribution in [0.5, 0.6) is 0 Å². The summed E-state index contributed by atoms with van der Waals surface area (Å²) in [4.78, 5) is 36.2. The van der Waals surface area contributed by atoms with Crippen LogP contribution < -0.4 is 5.73 Å². The predicted octanol–water partition coefficient (Wildman–Crippen LogP) is 3.75.